The Kier molecular flexibility index (Phi) is 5.13. The maximum Gasteiger partial charge on any atom is 0.336 e. The van der Waals surface area contributed by atoms with Crippen LogP contribution in [0, 0.1) is 0 Å². The van der Waals surface area contributed by atoms with E-state index in [1.807, 2.05) is 0 Å². The molecular weight excluding hydrogens is 360 g/mol. The largest absolute Gasteiger partial charge is 0.478 e. The molecule has 1 aliphatic carbocycles. The number of aromatic carboxylic acids is 2. The van der Waals surface area contributed by atoms with Gasteiger partial charge in [0.1, 0.15) is 0 Å². The van der Waals surface area contributed by atoms with Crippen LogP contribution < -0.4 is 0 Å². The minimum absolute atomic E-state index is 0.0641. The summed E-state index contributed by atoms with van der Waals surface area (Å²) < 4.78 is 0. The molecule has 0 saturated heterocycles. The highest BCUT2D eigenvalue weighted by Gasteiger charge is 2.28. The van der Waals surface area contributed by atoms with Crippen LogP contribution in [0.2, 0.25) is 0 Å². The first-order valence-corrected chi connectivity index (χ1v) is 8.25. The second kappa shape index (κ2) is 7.67. The van der Waals surface area contributed by atoms with Crippen LogP contribution >= 0.6 is 0 Å². The Morgan fingerprint density at radius 2 is 0.750 bits per heavy atom. The van der Waals surface area contributed by atoms with Crippen molar-refractivity contribution < 1.29 is 29.4 Å². The number of benzene rings is 3. The van der Waals surface area contributed by atoms with Crippen molar-refractivity contribution in [1.82, 2.24) is 0 Å². The summed E-state index contributed by atoms with van der Waals surface area (Å²) >= 11 is 0. The Balaban J connectivity index is 0.000000169. The maximum absolute atomic E-state index is 12.1. The fraction of sp³-hybridized carbons (Fsp3) is 0. The topological polar surface area (TPSA) is 109 Å². The molecule has 0 saturated carbocycles. The van der Waals surface area contributed by atoms with Gasteiger partial charge in [-0.05, 0) is 12.1 Å². The van der Waals surface area contributed by atoms with Gasteiger partial charge >= 0.3 is 11.9 Å². The molecule has 0 aliphatic heterocycles. The number of carboxylic acids is 2. The van der Waals surface area contributed by atoms with E-state index in [9.17, 15) is 19.2 Å². The number of carboxylic acid groups (broad SMARTS) is 2. The zero-order valence-electron chi connectivity index (χ0n) is 14.5. The van der Waals surface area contributed by atoms with Crippen molar-refractivity contribution in [3.05, 3.63) is 106 Å². The first-order chi connectivity index (χ1) is 13.4. The van der Waals surface area contributed by atoms with Gasteiger partial charge in [-0.2, -0.15) is 0 Å². The third-order valence-electron chi connectivity index (χ3n) is 4.22. The molecule has 0 unspecified atom stereocenters. The lowest BCUT2D eigenvalue weighted by molar-refractivity contribution is 0.0651. The Hall–Kier alpha value is -4.06. The lowest BCUT2D eigenvalue weighted by atomic mass is 9.84. The summed E-state index contributed by atoms with van der Waals surface area (Å²) in [5, 5.41) is 17.1. The summed E-state index contributed by atoms with van der Waals surface area (Å²) in [6, 6.07) is 19.4. The van der Waals surface area contributed by atoms with Crippen molar-refractivity contribution >= 4 is 23.5 Å². The molecule has 3 aromatic rings. The van der Waals surface area contributed by atoms with E-state index in [1.165, 1.54) is 24.3 Å². The highest BCUT2D eigenvalue weighted by molar-refractivity contribution is 6.28. The second-order valence-corrected chi connectivity index (χ2v) is 5.91. The van der Waals surface area contributed by atoms with Gasteiger partial charge in [0.25, 0.3) is 0 Å². The summed E-state index contributed by atoms with van der Waals surface area (Å²) in [4.78, 5) is 45.1. The maximum atomic E-state index is 12.1. The fourth-order valence-electron chi connectivity index (χ4n) is 2.90. The Morgan fingerprint density at radius 3 is 1.00 bits per heavy atom. The summed E-state index contributed by atoms with van der Waals surface area (Å²) in [6.07, 6.45) is 0. The number of ketones is 2. The monoisotopic (exact) mass is 374 g/mol. The van der Waals surface area contributed by atoms with Crippen LogP contribution in [0.4, 0.5) is 0 Å². The Bertz CT molecular complexity index is 975. The van der Waals surface area contributed by atoms with E-state index in [-0.39, 0.29) is 22.7 Å². The van der Waals surface area contributed by atoms with E-state index in [1.54, 1.807) is 48.5 Å². The van der Waals surface area contributed by atoms with Gasteiger partial charge in [0.05, 0.1) is 11.1 Å². The van der Waals surface area contributed by atoms with Crippen LogP contribution in [0.3, 0.4) is 0 Å². The van der Waals surface area contributed by atoms with E-state index < -0.39 is 11.9 Å². The molecule has 0 bridgehead atoms. The first kappa shape index (κ1) is 18.7. The molecule has 4 rings (SSSR count). The van der Waals surface area contributed by atoms with Crippen LogP contribution in [0.15, 0.2) is 72.8 Å². The van der Waals surface area contributed by atoms with Crippen LogP contribution in [-0.2, 0) is 0 Å². The highest BCUT2D eigenvalue weighted by atomic mass is 16.4. The lowest BCUT2D eigenvalue weighted by Crippen LogP contribution is -2.20. The Morgan fingerprint density at radius 1 is 0.500 bits per heavy atom. The van der Waals surface area contributed by atoms with Gasteiger partial charge in [0.15, 0.2) is 11.6 Å². The van der Waals surface area contributed by atoms with E-state index >= 15 is 0 Å². The van der Waals surface area contributed by atoms with Crippen LogP contribution in [0.5, 0.6) is 0 Å². The van der Waals surface area contributed by atoms with Crippen molar-refractivity contribution in [1.29, 1.82) is 0 Å². The lowest BCUT2D eigenvalue weighted by Gasteiger charge is -2.16. The van der Waals surface area contributed by atoms with Gasteiger partial charge in [-0.15, -0.1) is 0 Å². The molecule has 6 nitrogen and oxygen atoms in total. The summed E-state index contributed by atoms with van der Waals surface area (Å²) in [6.45, 7) is 0. The third-order valence-corrected chi connectivity index (χ3v) is 4.22. The molecule has 0 radical (unpaired) electrons. The van der Waals surface area contributed by atoms with E-state index in [4.69, 9.17) is 10.2 Å². The number of hydrogen-bond acceptors (Lipinski definition) is 4. The van der Waals surface area contributed by atoms with E-state index in [0.29, 0.717) is 22.3 Å². The second-order valence-electron chi connectivity index (χ2n) is 5.91. The van der Waals surface area contributed by atoms with Crippen molar-refractivity contribution in [3.63, 3.8) is 0 Å². The van der Waals surface area contributed by atoms with Crippen molar-refractivity contribution in [2.75, 3.05) is 0 Å². The van der Waals surface area contributed by atoms with Gasteiger partial charge in [0, 0.05) is 22.3 Å². The third kappa shape index (κ3) is 3.43. The zero-order valence-corrected chi connectivity index (χ0v) is 14.5. The average Bonchev–Trinajstić information content (AvgIpc) is 2.72. The quantitative estimate of drug-likeness (QED) is 0.555. The molecule has 1 aliphatic rings. The van der Waals surface area contributed by atoms with Gasteiger partial charge in [-0.3, -0.25) is 9.59 Å². The van der Waals surface area contributed by atoms with Crippen LogP contribution in [-0.4, -0.2) is 33.7 Å². The molecular formula is C22H14O6. The van der Waals surface area contributed by atoms with Gasteiger partial charge in [-0.25, -0.2) is 9.59 Å². The number of carbonyl (C=O) groups excluding carboxylic acids is 2. The van der Waals surface area contributed by atoms with Crippen molar-refractivity contribution in [3.8, 4) is 0 Å². The molecule has 0 atom stereocenters. The number of carbonyl (C=O) groups is 4. The van der Waals surface area contributed by atoms with E-state index in [2.05, 4.69) is 0 Å². The number of fused-ring (bicyclic) bond motifs is 2. The molecule has 0 fully saturated rings. The van der Waals surface area contributed by atoms with Crippen LogP contribution in [0.1, 0.15) is 52.6 Å². The predicted molar refractivity (Wildman–Crippen MR) is 100 cm³/mol. The number of hydrogen-bond donors (Lipinski definition) is 2. The summed E-state index contributed by atoms with van der Waals surface area (Å²) in [5.74, 6) is -2.59. The van der Waals surface area contributed by atoms with Gasteiger partial charge < -0.3 is 10.2 Å². The van der Waals surface area contributed by atoms with Crippen LogP contribution in [0.25, 0.3) is 0 Å². The molecule has 0 spiro atoms. The number of rotatable bonds is 2. The summed E-state index contributed by atoms with van der Waals surface area (Å²) in [5.41, 5.74) is 1.64. The molecule has 2 N–H and O–H groups in total. The molecule has 0 aromatic heterocycles. The highest BCUT2D eigenvalue weighted by Crippen LogP contribution is 2.26. The molecule has 6 heteroatoms. The normalized spacial score (nSPS) is 11.6. The average molecular weight is 374 g/mol. The predicted octanol–water partition coefficient (Wildman–Crippen LogP) is 3.55. The summed E-state index contributed by atoms with van der Waals surface area (Å²) in [7, 11) is 0. The minimum Gasteiger partial charge on any atom is -0.478 e. The molecule has 0 amide bonds. The smallest absolute Gasteiger partial charge is 0.336 e. The standard InChI is InChI=1S/C14H8O2.C8H6O4/c15-13-9-5-1-2-6-10(9)14(16)12-8-4-3-7-11(12)13;9-7(10)5-3-1-2-4-6(5)8(11)12/h1-8H;1-4H,(H,9,10)(H,11,12). The van der Waals surface area contributed by atoms with E-state index in [0.717, 1.165) is 0 Å². The first-order valence-electron chi connectivity index (χ1n) is 8.25. The molecule has 3 aromatic carbocycles. The van der Waals surface area contributed by atoms with Gasteiger partial charge in [-0.1, -0.05) is 60.7 Å². The van der Waals surface area contributed by atoms with Crippen molar-refractivity contribution in [2.45, 2.75) is 0 Å². The zero-order chi connectivity index (χ0) is 20.3. The molecule has 138 valence electrons. The molecule has 0 heterocycles. The SMILES string of the molecule is O=C(O)c1ccccc1C(=O)O.O=C1c2ccccc2C(=O)c2ccccc21. The fourth-order valence-corrected chi connectivity index (χ4v) is 2.90. The molecule has 28 heavy (non-hydrogen) atoms. The Labute approximate surface area is 159 Å². The van der Waals surface area contributed by atoms with Crippen molar-refractivity contribution in [2.24, 2.45) is 0 Å². The van der Waals surface area contributed by atoms with Gasteiger partial charge in [0.2, 0.25) is 0 Å². The minimum atomic E-state index is -1.23.